The number of carbonyl (C=O) groups is 2. The van der Waals surface area contributed by atoms with Crippen molar-refractivity contribution in [3.05, 3.63) is 34.2 Å². The Morgan fingerprint density at radius 3 is 2.59 bits per heavy atom. The van der Waals surface area contributed by atoms with Crippen LogP contribution in [0.3, 0.4) is 0 Å². The van der Waals surface area contributed by atoms with Crippen LogP contribution in [-0.4, -0.2) is 51.8 Å². The van der Waals surface area contributed by atoms with Gasteiger partial charge in [-0.2, -0.15) is 0 Å². The van der Waals surface area contributed by atoms with Gasteiger partial charge in [0.05, 0.1) is 11.0 Å². The van der Waals surface area contributed by atoms with Crippen molar-refractivity contribution in [1.82, 2.24) is 14.8 Å². The summed E-state index contributed by atoms with van der Waals surface area (Å²) in [6.07, 6.45) is 9.39. The van der Waals surface area contributed by atoms with Crippen molar-refractivity contribution in [2.45, 2.75) is 77.3 Å². The quantitative estimate of drug-likeness (QED) is 0.826. The van der Waals surface area contributed by atoms with E-state index in [-0.39, 0.29) is 29.5 Å². The van der Waals surface area contributed by atoms with Gasteiger partial charge in [-0.1, -0.05) is 13.8 Å². The van der Waals surface area contributed by atoms with Crippen molar-refractivity contribution in [2.75, 3.05) is 13.1 Å². The van der Waals surface area contributed by atoms with Crippen LogP contribution in [0.5, 0.6) is 0 Å². The van der Waals surface area contributed by atoms with Gasteiger partial charge in [0.1, 0.15) is 0 Å². The van der Waals surface area contributed by atoms with Crippen LogP contribution >= 0.6 is 0 Å². The van der Waals surface area contributed by atoms with Gasteiger partial charge in [-0.25, -0.2) is 0 Å². The van der Waals surface area contributed by atoms with E-state index in [4.69, 9.17) is 0 Å². The molecule has 3 aliphatic heterocycles. The van der Waals surface area contributed by atoms with E-state index in [2.05, 4.69) is 23.7 Å². The number of H-pyrrole nitrogens is 1. The summed E-state index contributed by atoms with van der Waals surface area (Å²) in [6, 6.07) is 3.09. The molecule has 0 aromatic carbocycles. The highest BCUT2D eigenvalue weighted by atomic mass is 16.2. The zero-order valence-electron chi connectivity index (χ0n) is 17.7. The van der Waals surface area contributed by atoms with Gasteiger partial charge in [-0.05, 0) is 63.4 Å². The Morgan fingerprint density at radius 1 is 1.17 bits per heavy atom. The molecule has 0 saturated carbocycles. The summed E-state index contributed by atoms with van der Waals surface area (Å²) in [5.74, 6) is 0.763. The molecule has 6 nitrogen and oxygen atoms in total. The fourth-order valence-electron chi connectivity index (χ4n) is 5.75. The van der Waals surface area contributed by atoms with E-state index in [9.17, 15) is 14.4 Å². The van der Waals surface area contributed by atoms with Crippen LogP contribution in [-0.2, 0) is 4.79 Å². The number of fused-ring (bicyclic) bond motifs is 2. The van der Waals surface area contributed by atoms with Crippen molar-refractivity contribution in [3.8, 4) is 0 Å². The minimum absolute atomic E-state index is 0.0277. The monoisotopic (exact) mass is 399 g/mol. The average Bonchev–Trinajstić information content (AvgIpc) is 3.29. The second kappa shape index (κ2) is 7.96. The number of piperidine rings is 1. The van der Waals surface area contributed by atoms with Crippen molar-refractivity contribution in [2.24, 2.45) is 11.3 Å². The topological polar surface area (TPSA) is 73.5 Å². The third kappa shape index (κ3) is 3.62. The van der Waals surface area contributed by atoms with E-state index in [1.807, 2.05) is 4.90 Å². The third-order valence-corrected chi connectivity index (χ3v) is 7.24. The molecule has 29 heavy (non-hydrogen) atoms. The maximum absolute atomic E-state index is 13.8. The molecule has 6 heteroatoms. The van der Waals surface area contributed by atoms with Gasteiger partial charge in [0.2, 0.25) is 11.5 Å². The Hall–Kier alpha value is -2.11. The largest absolute Gasteiger partial charge is 0.342 e. The molecule has 4 rings (SSSR count). The maximum atomic E-state index is 13.8. The van der Waals surface area contributed by atoms with Gasteiger partial charge >= 0.3 is 0 Å². The van der Waals surface area contributed by atoms with E-state index in [0.29, 0.717) is 11.5 Å². The third-order valence-electron chi connectivity index (χ3n) is 7.24. The molecule has 0 unspecified atom stereocenters. The lowest BCUT2D eigenvalue weighted by atomic mass is 9.68. The number of aromatic nitrogens is 1. The lowest BCUT2D eigenvalue weighted by Gasteiger charge is -2.41. The number of amides is 2. The summed E-state index contributed by atoms with van der Waals surface area (Å²) in [6.45, 7) is 6.12. The normalized spacial score (nSPS) is 28.9. The first-order chi connectivity index (χ1) is 13.9. The summed E-state index contributed by atoms with van der Waals surface area (Å²) in [4.78, 5) is 45.2. The Morgan fingerprint density at radius 2 is 1.93 bits per heavy atom. The van der Waals surface area contributed by atoms with E-state index in [1.54, 1.807) is 6.07 Å². The first-order valence-electron chi connectivity index (χ1n) is 11.2. The summed E-state index contributed by atoms with van der Waals surface area (Å²) < 4.78 is 0. The van der Waals surface area contributed by atoms with E-state index < -0.39 is 5.41 Å². The molecule has 3 fully saturated rings. The van der Waals surface area contributed by atoms with Gasteiger partial charge in [-0.3, -0.25) is 14.4 Å². The number of nitrogens with zero attached hydrogens (tertiary/aromatic N) is 2. The SMILES string of the molecule is CC(C)CC[C@]1(C(=O)N2CCCCC2)C[C@H]2CC[C@@H]1N2C(=O)c1ccc(=O)[nH]c1. The number of carbonyl (C=O) groups excluding carboxylic acids is 2. The maximum Gasteiger partial charge on any atom is 0.255 e. The van der Waals surface area contributed by atoms with Crippen molar-refractivity contribution in [3.63, 3.8) is 0 Å². The molecule has 3 saturated heterocycles. The molecule has 3 atom stereocenters. The Kier molecular flexibility index (Phi) is 5.54. The summed E-state index contributed by atoms with van der Waals surface area (Å²) in [5, 5.41) is 0. The first-order valence-corrected chi connectivity index (χ1v) is 11.2. The molecule has 4 heterocycles. The fraction of sp³-hybridized carbons (Fsp3) is 0.696. The molecular weight excluding hydrogens is 366 g/mol. The molecule has 1 aromatic heterocycles. The molecular formula is C23H33N3O3. The highest BCUT2D eigenvalue weighted by molar-refractivity contribution is 5.96. The smallest absolute Gasteiger partial charge is 0.255 e. The number of pyridine rings is 1. The average molecular weight is 400 g/mol. The Bertz CT molecular complexity index is 806. The minimum atomic E-state index is -0.442. The first kappa shape index (κ1) is 20.2. The zero-order chi connectivity index (χ0) is 20.6. The van der Waals surface area contributed by atoms with Crippen LogP contribution < -0.4 is 5.56 Å². The Labute approximate surface area is 172 Å². The van der Waals surface area contributed by atoms with E-state index >= 15 is 0 Å². The lowest BCUT2D eigenvalue weighted by molar-refractivity contribution is -0.145. The van der Waals surface area contributed by atoms with Gasteiger partial charge in [0, 0.05) is 37.4 Å². The second-order valence-electron chi connectivity index (χ2n) is 9.55. The molecule has 1 N–H and O–H groups in total. The number of aromatic amines is 1. The lowest BCUT2D eigenvalue weighted by Crippen LogP contribution is -2.52. The van der Waals surface area contributed by atoms with Crippen LogP contribution in [0.1, 0.15) is 75.6 Å². The summed E-state index contributed by atoms with van der Waals surface area (Å²) >= 11 is 0. The molecule has 2 amide bonds. The molecule has 0 radical (unpaired) electrons. The predicted molar refractivity (Wildman–Crippen MR) is 112 cm³/mol. The number of hydrogen-bond donors (Lipinski definition) is 1. The van der Waals surface area contributed by atoms with E-state index in [0.717, 1.165) is 58.0 Å². The van der Waals surface area contributed by atoms with Crippen molar-refractivity contribution < 1.29 is 9.59 Å². The number of nitrogens with one attached hydrogen (secondary N) is 1. The summed E-state index contributed by atoms with van der Waals surface area (Å²) in [5.41, 5.74) is -0.147. The molecule has 158 valence electrons. The number of hydrogen-bond acceptors (Lipinski definition) is 3. The highest BCUT2D eigenvalue weighted by Crippen LogP contribution is 2.54. The molecule has 0 aliphatic carbocycles. The molecule has 1 aromatic rings. The molecule has 0 spiro atoms. The van der Waals surface area contributed by atoms with Crippen LogP contribution in [0.25, 0.3) is 0 Å². The van der Waals surface area contributed by atoms with Gasteiger partial charge in [-0.15, -0.1) is 0 Å². The molecule has 2 bridgehead atoms. The van der Waals surface area contributed by atoms with Crippen molar-refractivity contribution in [1.29, 1.82) is 0 Å². The van der Waals surface area contributed by atoms with Crippen LogP contribution in [0.15, 0.2) is 23.1 Å². The predicted octanol–water partition coefficient (Wildman–Crippen LogP) is 3.19. The second-order valence-corrected chi connectivity index (χ2v) is 9.55. The van der Waals surface area contributed by atoms with E-state index in [1.165, 1.54) is 18.7 Å². The Balaban J connectivity index is 1.63. The zero-order valence-corrected chi connectivity index (χ0v) is 17.7. The van der Waals surface area contributed by atoms with Gasteiger partial charge in [0.25, 0.3) is 5.91 Å². The standard InChI is InChI=1S/C23H33N3O3/c1-16(2)10-11-23(22(29)25-12-4-3-5-13-25)14-18-7-8-19(23)26(18)21(28)17-6-9-20(27)24-15-17/h6,9,15-16,18-19H,3-5,7-8,10-14H2,1-2H3,(H,24,27)/t18-,19+,23+/m1/s1. The molecule has 3 aliphatic rings. The minimum Gasteiger partial charge on any atom is -0.342 e. The summed E-state index contributed by atoms with van der Waals surface area (Å²) in [7, 11) is 0. The van der Waals surface area contributed by atoms with Crippen LogP contribution in [0, 0.1) is 11.3 Å². The van der Waals surface area contributed by atoms with Crippen molar-refractivity contribution >= 4 is 11.8 Å². The highest BCUT2D eigenvalue weighted by Gasteiger charge is 2.61. The van der Waals surface area contributed by atoms with Gasteiger partial charge < -0.3 is 14.8 Å². The fourth-order valence-corrected chi connectivity index (χ4v) is 5.75. The number of likely N-dealkylation sites (tertiary alicyclic amines) is 1. The van der Waals surface area contributed by atoms with Crippen LogP contribution in [0.2, 0.25) is 0 Å². The van der Waals surface area contributed by atoms with Crippen LogP contribution in [0.4, 0.5) is 0 Å². The number of rotatable bonds is 5. The van der Waals surface area contributed by atoms with Gasteiger partial charge in [0.15, 0.2) is 0 Å².